The van der Waals surface area contributed by atoms with Gasteiger partial charge in [0.25, 0.3) is 0 Å². The molecular weight excluding hydrogens is 264 g/mol. The Morgan fingerprint density at radius 3 is 2.68 bits per heavy atom. The zero-order valence-corrected chi connectivity index (χ0v) is 11.0. The van der Waals surface area contributed by atoms with Gasteiger partial charge in [-0.05, 0) is 31.4 Å². The van der Waals surface area contributed by atoms with Crippen LogP contribution in [0.4, 0.5) is 0 Å². The van der Waals surface area contributed by atoms with E-state index in [-0.39, 0.29) is 10.6 Å². The minimum absolute atomic E-state index is 0.0219. The van der Waals surface area contributed by atoms with Crippen LogP contribution in [0.1, 0.15) is 25.0 Å². The van der Waals surface area contributed by atoms with Gasteiger partial charge in [0.05, 0.1) is 6.07 Å². The summed E-state index contributed by atoms with van der Waals surface area (Å²) >= 11 is 0. The standard InChI is InChI=1S/C12H12N4O2S/c13-7-10-4-5-12(9-15-10)19(17,18)16-6-2-1-3-11(16)8-14/h4-5,9,11H,1-3,6H2. The third-order valence-corrected chi connectivity index (χ3v) is 4.95. The number of hydrogen-bond acceptors (Lipinski definition) is 5. The van der Waals surface area contributed by atoms with E-state index in [9.17, 15) is 8.42 Å². The van der Waals surface area contributed by atoms with Crippen molar-refractivity contribution in [2.45, 2.75) is 30.2 Å². The maximum Gasteiger partial charge on any atom is 0.245 e. The number of nitriles is 2. The van der Waals surface area contributed by atoms with Gasteiger partial charge in [-0.3, -0.25) is 0 Å². The van der Waals surface area contributed by atoms with Gasteiger partial charge in [-0.25, -0.2) is 13.4 Å². The lowest BCUT2D eigenvalue weighted by atomic mass is 10.1. The predicted molar refractivity (Wildman–Crippen MR) is 66.1 cm³/mol. The Hall–Kier alpha value is -1.96. The molecule has 1 aliphatic rings. The summed E-state index contributed by atoms with van der Waals surface area (Å²) in [5.41, 5.74) is 0.162. The molecule has 2 heterocycles. The van der Waals surface area contributed by atoms with Gasteiger partial charge in [0.1, 0.15) is 22.7 Å². The molecule has 1 unspecified atom stereocenters. The summed E-state index contributed by atoms with van der Waals surface area (Å²) in [6.45, 7) is 0.348. The molecule has 0 spiro atoms. The largest absolute Gasteiger partial charge is 0.245 e. The number of pyridine rings is 1. The van der Waals surface area contributed by atoms with Crippen LogP contribution in [0, 0.1) is 22.7 Å². The van der Waals surface area contributed by atoms with Gasteiger partial charge in [0.2, 0.25) is 10.0 Å². The highest BCUT2D eigenvalue weighted by atomic mass is 32.2. The first-order valence-corrected chi connectivity index (χ1v) is 7.31. The van der Waals surface area contributed by atoms with E-state index in [1.807, 2.05) is 12.1 Å². The van der Waals surface area contributed by atoms with Crippen LogP contribution in [0.5, 0.6) is 0 Å². The average molecular weight is 276 g/mol. The maximum absolute atomic E-state index is 12.4. The number of rotatable bonds is 2. The topological polar surface area (TPSA) is 97.9 Å². The Morgan fingerprint density at radius 1 is 1.32 bits per heavy atom. The van der Waals surface area contributed by atoms with E-state index < -0.39 is 16.1 Å². The average Bonchev–Trinajstić information content (AvgIpc) is 2.47. The van der Waals surface area contributed by atoms with Crippen molar-refractivity contribution in [2.75, 3.05) is 6.54 Å². The van der Waals surface area contributed by atoms with Gasteiger partial charge in [0.15, 0.2) is 0 Å². The highest BCUT2D eigenvalue weighted by Gasteiger charge is 2.33. The third-order valence-electron chi connectivity index (χ3n) is 3.06. The molecule has 2 rings (SSSR count). The number of aromatic nitrogens is 1. The van der Waals surface area contributed by atoms with Crippen molar-refractivity contribution < 1.29 is 8.42 Å². The van der Waals surface area contributed by atoms with Crippen molar-refractivity contribution in [3.8, 4) is 12.1 Å². The Balaban J connectivity index is 2.35. The number of hydrogen-bond donors (Lipinski definition) is 0. The minimum atomic E-state index is -3.71. The zero-order valence-electron chi connectivity index (χ0n) is 10.2. The Kier molecular flexibility index (Phi) is 3.79. The van der Waals surface area contributed by atoms with E-state index in [4.69, 9.17) is 10.5 Å². The highest BCUT2D eigenvalue weighted by molar-refractivity contribution is 7.89. The molecule has 0 saturated carbocycles. The van der Waals surface area contributed by atoms with Crippen molar-refractivity contribution in [3.63, 3.8) is 0 Å². The summed E-state index contributed by atoms with van der Waals surface area (Å²) in [6, 6.07) is 5.95. The molecule has 0 aliphatic carbocycles. The van der Waals surface area contributed by atoms with Crippen molar-refractivity contribution in [2.24, 2.45) is 0 Å². The minimum Gasteiger partial charge on any atom is -0.244 e. The summed E-state index contributed by atoms with van der Waals surface area (Å²) in [5.74, 6) is 0. The Morgan fingerprint density at radius 2 is 2.11 bits per heavy atom. The van der Waals surface area contributed by atoms with Crippen molar-refractivity contribution >= 4 is 10.0 Å². The first-order valence-electron chi connectivity index (χ1n) is 5.87. The van der Waals surface area contributed by atoms with E-state index in [1.165, 1.54) is 16.4 Å². The lowest BCUT2D eigenvalue weighted by molar-refractivity contribution is 0.297. The van der Waals surface area contributed by atoms with Gasteiger partial charge < -0.3 is 0 Å². The molecule has 0 amide bonds. The van der Waals surface area contributed by atoms with Gasteiger partial charge in [-0.1, -0.05) is 0 Å². The van der Waals surface area contributed by atoms with E-state index in [2.05, 4.69) is 4.98 Å². The van der Waals surface area contributed by atoms with Crippen molar-refractivity contribution in [1.82, 2.24) is 9.29 Å². The van der Waals surface area contributed by atoms with Crippen molar-refractivity contribution in [1.29, 1.82) is 10.5 Å². The first-order chi connectivity index (χ1) is 9.09. The molecule has 0 aromatic carbocycles. The fourth-order valence-corrected chi connectivity index (χ4v) is 3.61. The second-order valence-corrected chi connectivity index (χ2v) is 6.14. The molecule has 1 aromatic heterocycles. The number of piperidine rings is 1. The summed E-state index contributed by atoms with van der Waals surface area (Å²) in [4.78, 5) is 3.78. The first kappa shape index (κ1) is 13.5. The molecule has 1 fully saturated rings. The molecule has 1 aliphatic heterocycles. The number of sulfonamides is 1. The monoisotopic (exact) mass is 276 g/mol. The predicted octanol–water partition coefficient (Wildman–Crippen LogP) is 1.02. The molecule has 98 valence electrons. The van der Waals surface area contributed by atoms with Crippen LogP contribution in [0.15, 0.2) is 23.2 Å². The summed E-state index contributed by atoms with van der Waals surface area (Å²) in [6.07, 6.45) is 3.33. The fourth-order valence-electron chi connectivity index (χ4n) is 2.06. The van der Waals surface area contributed by atoms with Crippen LogP contribution in [0.2, 0.25) is 0 Å². The second kappa shape index (κ2) is 5.35. The van der Waals surface area contributed by atoms with Crippen LogP contribution < -0.4 is 0 Å². The Bertz CT molecular complexity index is 640. The van der Waals surface area contributed by atoms with Crippen LogP contribution in [-0.2, 0) is 10.0 Å². The fraction of sp³-hybridized carbons (Fsp3) is 0.417. The van der Waals surface area contributed by atoms with Crippen LogP contribution in [-0.4, -0.2) is 30.3 Å². The summed E-state index contributed by atoms with van der Waals surface area (Å²) in [7, 11) is -3.71. The molecule has 1 aromatic rings. The second-order valence-electron chi connectivity index (χ2n) is 4.25. The molecule has 0 radical (unpaired) electrons. The summed E-state index contributed by atoms with van der Waals surface area (Å²) in [5, 5.41) is 17.7. The van der Waals surface area contributed by atoms with Crippen LogP contribution in [0.25, 0.3) is 0 Å². The molecule has 1 saturated heterocycles. The quantitative estimate of drug-likeness (QED) is 0.803. The Labute approximate surface area is 112 Å². The van der Waals surface area contributed by atoms with Gasteiger partial charge in [-0.2, -0.15) is 14.8 Å². The van der Waals surface area contributed by atoms with Crippen molar-refractivity contribution in [3.05, 3.63) is 24.0 Å². The zero-order chi connectivity index (χ0) is 13.9. The van der Waals surface area contributed by atoms with Crippen LogP contribution in [0.3, 0.4) is 0 Å². The molecule has 1 atom stereocenters. The molecular formula is C12H12N4O2S. The molecule has 19 heavy (non-hydrogen) atoms. The smallest absolute Gasteiger partial charge is 0.244 e. The van der Waals surface area contributed by atoms with E-state index >= 15 is 0 Å². The van der Waals surface area contributed by atoms with E-state index in [1.54, 1.807) is 0 Å². The molecule has 7 heteroatoms. The van der Waals surface area contributed by atoms with Crippen LogP contribution >= 0.6 is 0 Å². The van der Waals surface area contributed by atoms with Gasteiger partial charge in [0, 0.05) is 12.7 Å². The maximum atomic E-state index is 12.4. The molecule has 0 bridgehead atoms. The normalized spacial score (nSPS) is 20.4. The third kappa shape index (κ3) is 2.58. The molecule has 0 N–H and O–H groups in total. The lowest BCUT2D eigenvalue weighted by Gasteiger charge is -2.30. The summed E-state index contributed by atoms with van der Waals surface area (Å²) < 4.78 is 26.0. The lowest BCUT2D eigenvalue weighted by Crippen LogP contribution is -2.42. The van der Waals surface area contributed by atoms with E-state index in [0.717, 1.165) is 19.0 Å². The highest BCUT2D eigenvalue weighted by Crippen LogP contribution is 2.24. The number of nitrogens with zero attached hydrogens (tertiary/aromatic N) is 4. The molecule has 6 nitrogen and oxygen atoms in total. The van der Waals surface area contributed by atoms with Gasteiger partial charge >= 0.3 is 0 Å². The van der Waals surface area contributed by atoms with Gasteiger partial charge in [-0.15, -0.1) is 0 Å². The van der Waals surface area contributed by atoms with E-state index in [0.29, 0.717) is 13.0 Å². The SMILES string of the molecule is N#Cc1ccc(S(=O)(=O)N2CCCCC2C#N)cn1.